The number of aryl methyl sites for hydroxylation is 1. The Labute approximate surface area is 98.5 Å². The van der Waals surface area contributed by atoms with E-state index in [1.165, 1.54) is 6.07 Å². The van der Waals surface area contributed by atoms with Gasteiger partial charge in [-0.05, 0) is 36.2 Å². The summed E-state index contributed by atoms with van der Waals surface area (Å²) in [7, 11) is 0. The molecule has 1 aromatic carbocycles. The molecule has 1 aromatic heterocycles. The highest BCUT2D eigenvalue weighted by atomic mass is 35.5. The molecule has 0 amide bonds. The summed E-state index contributed by atoms with van der Waals surface area (Å²) in [6, 6.07) is 10.8. The predicted molar refractivity (Wildman–Crippen MR) is 64.0 cm³/mol. The molecule has 0 spiro atoms. The van der Waals surface area contributed by atoms with Crippen molar-refractivity contribution >= 4 is 11.6 Å². The summed E-state index contributed by atoms with van der Waals surface area (Å²) in [5.41, 5.74) is 1.68. The maximum atomic E-state index is 11.2. The third kappa shape index (κ3) is 2.74. The molecule has 82 valence electrons. The lowest BCUT2D eigenvalue weighted by molar-refractivity contribution is 0.467. The number of benzene rings is 1. The first kappa shape index (κ1) is 11.0. The molecule has 0 fully saturated rings. The fourth-order valence-corrected chi connectivity index (χ4v) is 1.69. The molecule has 0 saturated carbocycles. The van der Waals surface area contributed by atoms with E-state index in [0.717, 1.165) is 11.1 Å². The Hall–Kier alpha value is -1.54. The molecule has 2 rings (SSSR count). The van der Waals surface area contributed by atoms with Gasteiger partial charge in [0.2, 0.25) is 0 Å². The van der Waals surface area contributed by atoms with Crippen LogP contribution in [0.3, 0.4) is 0 Å². The van der Waals surface area contributed by atoms with Crippen molar-refractivity contribution in [3.63, 3.8) is 0 Å². The van der Waals surface area contributed by atoms with Crippen molar-refractivity contribution < 1.29 is 4.42 Å². The minimum absolute atomic E-state index is 0.302. The van der Waals surface area contributed by atoms with E-state index in [0.29, 0.717) is 17.2 Å². The van der Waals surface area contributed by atoms with Gasteiger partial charge in [-0.15, -0.1) is 0 Å². The lowest BCUT2D eigenvalue weighted by Gasteiger charge is -2.01. The van der Waals surface area contributed by atoms with E-state index in [-0.39, 0.29) is 5.63 Å². The second-order valence-corrected chi connectivity index (χ2v) is 4.16. The first-order valence-electron chi connectivity index (χ1n) is 4.98. The van der Waals surface area contributed by atoms with E-state index < -0.39 is 0 Å². The highest BCUT2D eigenvalue weighted by Gasteiger charge is 2.01. The molecule has 0 bridgehead atoms. The molecule has 2 aromatic rings. The second-order valence-electron chi connectivity index (χ2n) is 3.72. The first-order chi connectivity index (χ1) is 7.63. The molecule has 0 unspecified atom stereocenters. The molecule has 0 saturated heterocycles. The van der Waals surface area contributed by atoms with E-state index in [2.05, 4.69) is 0 Å². The molecule has 0 atom stereocenters. The van der Waals surface area contributed by atoms with Gasteiger partial charge in [0.1, 0.15) is 5.76 Å². The molecule has 0 aliphatic rings. The summed E-state index contributed by atoms with van der Waals surface area (Å²) in [6.45, 7) is 1.88. The molecule has 2 nitrogen and oxygen atoms in total. The summed E-state index contributed by atoms with van der Waals surface area (Å²) in [4.78, 5) is 11.2. The summed E-state index contributed by atoms with van der Waals surface area (Å²) < 4.78 is 5.10. The van der Waals surface area contributed by atoms with Crippen molar-refractivity contribution in [1.29, 1.82) is 0 Å². The van der Waals surface area contributed by atoms with E-state index in [1.54, 1.807) is 0 Å². The third-order valence-corrected chi connectivity index (χ3v) is 2.51. The molecular weight excluding hydrogens is 224 g/mol. The van der Waals surface area contributed by atoms with Crippen molar-refractivity contribution in [2.45, 2.75) is 13.3 Å². The third-order valence-electron chi connectivity index (χ3n) is 2.26. The lowest BCUT2D eigenvalue weighted by Crippen LogP contribution is -2.01. The van der Waals surface area contributed by atoms with E-state index >= 15 is 0 Å². The lowest BCUT2D eigenvalue weighted by atomic mass is 10.1. The van der Waals surface area contributed by atoms with Crippen molar-refractivity contribution in [2.75, 3.05) is 0 Å². The fraction of sp³-hybridized carbons (Fsp3) is 0.154. The SMILES string of the molecule is Cc1cc(Cc2ccc(Cl)cc2)oc(=O)c1. The van der Waals surface area contributed by atoms with Gasteiger partial charge in [-0.25, -0.2) is 4.79 Å². The van der Waals surface area contributed by atoms with Gasteiger partial charge in [0, 0.05) is 17.5 Å². The zero-order chi connectivity index (χ0) is 11.5. The summed E-state index contributed by atoms with van der Waals surface area (Å²) in [6.07, 6.45) is 0.605. The van der Waals surface area contributed by atoms with Crippen molar-refractivity contribution in [2.24, 2.45) is 0 Å². The summed E-state index contributed by atoms with van der Waals surface area (Å²) in [5.74, 6) is 0.673. The van der Waals surface area contributed by atoms with Gasteiger partial charge in [-0.2, -0.15) is 0 Å². The number of hydrogen-bond acceptors (Lipinski definition) is 2. The number of rotatable bonds is 2. The Morgan fingerprint density at radius 2 is 1.88 bits per heavy atom. The van der Waals surface area contributed by atoms with Crippen LogP contribution in [-0.4, -0.2) is 0 Å². The highest BCUT2D eigenvalue weighted by Crippen LogP contribution is 2.13. The van der Waals surface area contributed by atoms with Crippen LogP contribution in [0, 0.1) is 6.92 Å². The van der Waals surface area contributed by atoms with Crippen LogP contribution in [0.15, 0.2) is 45.6 Å². The Bertz CT molecular complexity index is 541. The van der Waals surface area contributed by atoms with E-state index in [9.17, 15) is 4.79 Å². The number of halogens is 1. The van der Waals surface area contributed by atoms with E-state index in [1.807, 2.05) is 37.3 Å². The van der Waals surface area contributed by atoms with Crippen LogP contribution in [0.25, 0.3) is 0 Å². The van der Waals surface area contributed by atoms with Crippen LogP contribution in [0.2, 0.25) is 5.02 Å². The monoisotopic (exact) mass is 234 g/mol. The fourth-order valence-electron chi connectivity index (χ4n) is 1.56. The zero-order valence-electron chi connectivity index (χ0n) is 8.87. The molecule has 3 heteroatoms. The maximum Gasteiger partial charge on any atom is 0.336 e. The van der Waals surface area contributed by atoms with Crippen LogP contribution in [0.5, 0.6) is 0 Å². The van der Waals surface area contributed by atoms with Crippen LogP contribution >= 0.6 is 11.6 Å². The predicted octanol–water partition coefficient (Wildman–Crippen LogP) is 3.19. The van der Waals surface area contributed by atoms with E-state index in [4.69, 9.17) is 16.0 Å². The Morgan fingerprint density at radius 3 is 2.50 bits per heavy atom. The van der Waals surface area contributed by atoms with Crippen molar-refractivity contribution in [3.8, 4) is 0 Å². The maximum absolute atomic E-state index is 11.2. The first-order valence-corrected chi connectivity index (χ1v) is 5.36. The molecule has 0 aliphatic heterocycles. The average molecular weight is 235 g/mol. The topological polar surface area (TPSA) is 30.2 Å². The molecule has 0 radical (unpaired) electrons. The van der Waals surface area contributed by atoms with Crippen LogP contribution in [0.4, 0.5) is 0 Å². The average Bonchev–Trinajstić information content (AvgIpc) is 2.20. The molecule has 16 heavy (non-hydrogen) atoms. The second kappa shape index (κ2) is 4.54. The minimum atomic E-state index is -0.302. The van der Waals surface area contributed by atoms with Gasteiger partial charge < -0.3 is 4.42 Å². The quantitative estimate of drug-likeness (QED) is 0.799. The summed E-state index contributed by atoms with van der Waals surface area (Å²) >= 11 is 5.79. The normalized spacial score (nSPS) is 10.4. The van der Waals surface area contributed by atoms with Crippen LogP contribution in [0.1, 0.15) is 16.9 Å². The van der Waals surface area contributed by atoms with Gasteiger partial charge in [0.25, 0.3) is 0 Å². The van der Waals surface area contributed by atoms with Crippen molar-refractivity contribution in [1.82, 2.24) is 0 Å². The molecular formula is C13H11ClO2. The summed E-state index contributed by atoms with van der Waals surface area (Å²) in [5, 5.41) is 0.703. The largest absolute Gasteiger partial charge is 0.428 e. The molecule has 1 heterocycles. The van der Waals surface area contributed by atoms with Crippen molar-refractivity contribution in [3.05, 3.63) is 68.7 Å². The smallest absolute Gasteiger partial charge is 0.336 e. The van der Waals surface area contributed by atoms with Crippen LogP contribution in [-0.2, 0) is 6.42 Å². The molecule has 0 aliphatic carbocycles. The Balaban J connectivity index is 2.26. The number of hydrogen-bond donors (Lipinski definition) is 0. The van der Waals surface area contributed by atoms with Crippen LogP contribution < -0.4 is 5.63 Å². The highest BCUT2D eigenvalue weighted by molar-refractivity contribution is 6.30. The van der Waals surface area contributed by atoms with Gasteiger partial charge in [0.05, 0.1) is 0 Å². The standard InChI is InChI=1S/C13H11ClO2/c1-9-6-12(16-13(15)7-9)8-10-2-4-11(14)5-3-10/h2-7H,8H2,1H3. The Kier molecular flexibility index (Phi) is 3.11. The molecule has 0 N–H and O–H groups in total. The van der Waals surface area contributed by atoms with Gasteiger partial charge in [-0.3, -0.25) is 0 Å². The zero-order valence-corrected chi connectivity index (χ0v) is 9.62. The minimum Gasteiger partial charge on any atom is -0.428 e. The van der Waals surface area contributed by atoms with Gasteiger partial charge in [-0.1, -0.05) is 23.7 Å². The van der Waals surface area contributed by atoms with Gasteiger partial charge >= 0.3 is 5.63 Å². The van der Waals surface area contributed by atoms with Gasteiger partial charge in [0.15, 0.2) is 0 Å². The Morgan fingerprint density at radius 1 is 1.19 bits per heavy atom.